The Morgan fingerprint density at radius 1 is 1.22 bits per heavy atom. The van der Waals surface area contributed by atoms with Crippen molar-refractivity contribution in [3.63, 3.8) is 0 Å². The second-order valence-corrected chi connectivity index (χ2v) is 3.90. The smallest absolute Gasteiger partial charge is 0.269 e. The van der Waals surface area contributed by atoms with Crippen LogP contribution in [-0.4, -0.2) is 15.0 Å². The first-order valence-electron chi connectivity index (χ1n) is 5.44. The molecule has 2 aromatic rings. The lowest BCUT2D eigenvalue weighted by molar-refractivity contribution is -0.384. The molecule has 18 heavy (non-hydrogen) atoms. The van der Waals surface area contributed by atoms with Crippen LogP contribution in [0.25, 0.3) is 11.3 Å². The Morgan fingerprint density at radius 3 is 2.39 bits per heavy atom. The predicted molar refractivity (Wildman–Crippen MR) is 67.0 cm³/mol. The number of rotatable bonds is 3. The number of aromatic nitrogens is 1. The molecule has 2 rings (SSSR count). The number of nitro benzene ring substituents is 1. The van der Waals surface area contributed by atoms with E-state index in [4.69, 9.17) is 5.11 Å². The molecule has 1 aromatic heterocycles. The summed E-state index contributed by atoms with van der Waals surface area (Å²) >= 11 is 0. The van der Waals surface area contributed by atoms with Crippen LogP contribution in [0.15, 0.2) is 36.4 Å². The zero-order chi connectivity index (χ0) is 13.1. The quantitative estimate of drug-likeness (QED) is 0.664. The number of pyridine rings is 1. The molecule has 0 unspecified atom stereocenters. The first-order chi connectivity index (χ1) is 8.61. The third kappa shape index (κ3) is 2.36. The highest BCUT2D eigenvalue weighted by Crippen LogP contribution is 2.21. The molecule has 0 radical (unpaired) electrons. The van der Waals surface area contributed by atoms with Gasteiger partial charge in [-0.1, -0.05) is 6.07 Å². The van der Waals surface area contributed by atoms with Crippen LogP contribution >= 0.6 is 0 Å². The van der Waals surface area contributed by atoms with E-state index in [0.717, 1.165) is 22.5 Å². The highest BCUT2D eigenvalue weighted by molar-refractivity contribution is 5.61. The monoisotopic (exact) mass is 244 g/mol. The van der Waals surface area contributed by atoms with Crippen LogP contribution in [0.2, 0.25) is 0 Å². The van der Waals surface area contributed by atoms with Crippen molar-refractivity contribution in [3.8, 4) is 11.3 Å². The van der Waals surface area contributed by atoms with Gasteiger partial charge in [0.25, 0.3) is 5.69 Å². The van der Waals surface area contributed by atoms with E-state index in [1.165, 1.54) is 12.1 Å². The minimum Gasteiger partial charge on any atom is -0.392 e. The summed E-state index contributed by atoms with van der Waals surface area (Å²) < 4.78 is 0. The Labute approximate surface area is 104 Å². The third-order valence-corrected chi connectivity index (χ3v) is 2.74. The molecule has 0 amide bonds. The SMILES string of the molecule is Cc1nc(-c2ccc([N+](=O)[O-])cc2)ccc1CO. The van der Waals surface area contributed by atoms with E-state index < -0.39 is 4.92 Å². The van der Waals surface area contributed by atoms with E-state index in [9.17, 15) is 10.1 Å². The lowest BCUT2D eigenvalue weighted by Gasteiger charge is -2.05. The van der Waals surface area contributed by atoms with Gasteiger partial charge < -0.3 is 5.11 Å². The van der Waals surface area contributed by atoms with Crippen molar-refractivity contribution < 1.29 is 10.0 Å². The van der Waals surface area contributed by atoms with Crippen LogP contribution in [0.5, 0.6) is 0 Å². The van der Waals surface area contributed by atoms with Crippen LogP contribution in [-0.2, 0) is 6.61 Å². The first-order valence-corrected chi connectivity index (χ1v) is 5.44. The largest absolute Gasteiger partial charge is 0.392 e. The maximum absolute atomic E-state index is 10.5. The van der Waals surface area contributed by atoms with E-state index in [0.29, 0.717) is 0 Å². The molecule has 0 spiro atoms. The Hall–Kier alpha value is -2.27. The minimum atomic E-state index is -0.433. The topological polar surface area (TPSA) is 76.3 Å². The molecule has 0 aliphatic carbocycles. The zero-order valence-electron chi connectivity index (χ0n) is 9.83. The molecule has 1 heterocycles. The van der Waals surface area contributed by atoms with Gasteiger partial charge in [0.2, 0.25) is 0 Å². The van der Waals surface area contributed by atoms with E-state index in [1.54, 1.807) is 24.3 Å². The van der Waals surface area contributed by atoms with Crippen LogP contribution < -0.4 is 0 Å². The molecule has 0 aliphatic rings. The number of aliphatic hydroxyl groups is 1. The van der Waals surface area contributed by atoms with Gasteiger partial charge in [0.1, 0.15) is 0 Å². The summed E-state index contributed by atoms with van der Waals surface area (Å²) in [6.45, 7) is 1.78. The lowest BCUT2D eigenvalue weighted by atomic mass is 10.1. The minimum absolute atomic E-state index is 0.0423. The van der Waals surface area contributed by atoms with E-state index in [2.05, 4.69) is 4.98 Å². The van der Waals surface area contributed by atoms with Gasteiger partial charge in [-0.2, -0.15) is 0 Å². The maximum Gasteiger partial charge on any atom is 0.269 e. The second-order valence-electron chi connectivity index (χ2n) is 3.90. The number of aliphatic hydroxyl groups excluding tert-OH is 1. The Balaban J connectivity index is 2.36. The van der Waals surface area contributed by atoms with Crippen LogP contribution in [0.4, 0.5) is 5.69 Å². The second kappa shape index (κ2) is 4.93. The van der Waals surface area contributed by atoms with Crippen LogP contribution in [0.3, 0.4) is 0 Å². The summed E-state index contributed by atoms with van der Waals surface area (Å²) in [6, 6.07) is 9.83. The van der Waals surface area contributed by atoms with Crippen molar-refractivity contribution in [2.45, 2.75) is 13.5 Å². The van der Waals surface area contributed by atoms with Gasteiger partial charge in [-0.15, -0.1) is 0 Å². The molecule has 92 valence electrons. The fourth-order valence-corrected chi connectivity index (χ4v) is 1.67. The molecule has 5 nitrogen and oxygen atoms in total. The standard InChI is InChI=1S/C13H12N2O3/c1-9-11(8-16)4-7-13(14-9)10-2-5-12(6-3-10)15(17)18/h2-7,16H,8H2,1H3. The van der Waals surface area contributed by atoms with E-state index >= 15 is 0 Å². The lowest BCUT2D eigenvalue weighted by Crippen LogP contribution is -1.94. The van der Waals surface area contributed by atoms with Crippen LogP contribution in [0, 0.1) is 17.0 Å². The molecule has 0 fully saturated rings. The molecule has 1 aromatic carbocycles. The number of nitro groups is 1. The molecule has 0 atom stereocenters. The average molecular weight is 244 g/mol. The molecular formula is C13H12N2O3. The zero-order valence-corrected chi connectivity index (χ0v) is 9.83. The van der Waals surface area contributed by atoms with E-state index in [1.807, 2.05) is 6.92 Å². The predicted octanol–water partition coefficient (Wildman–Crippen LogP) is 2.46. The number of aryl methyl sites for hydroxylation is 1. The molecule has 0 saturated heterocycles. The van der Waals surface area contributed by atoms with Crippen molar-refractivity contribution in [2.75, 3.05) is 0 Å². The Kier molecular flexibility index (Phi) is 3.34. The fraction of sp³-hybridized carbons (Fsp3) is 0.154. The van der Waals surface area contributed by atoms with Gasteiger partial charge in [-0.25, -0.2) is 0 Å². The molecule has 0 saturated carbocycles. The van der Waals surface area contributed by atoms with Crippen molar-refractivity contribution in [1.29, 1.82) is 0 Å². The van der Waals surface area contributed by atoms with Crippen molar-refractivity contribution >= 4 is 5.69 Å². The Bertz CT molecular complexity index is 579. The molecule has 0 bridgehead atoms. The third-order valence-electron chi connectivity index (χ3n) is 2.74. The van der Waals surface area contributed by atoms with Crippen molar-refractivity contribution in [3.05, 3.63) is 57.8 Å². The van der Waals surface area contributed by atoms with Crippen molar-refractivity contribution in [2.24, 2.45) is 0 Å². The number of hydrogen-bond donors (Lipinski definition) is 1. The highest BCUT2D eigenvalue weighted by atomic mass is 16.6. The molecule has 5 heteroatoms. The molecule has 1 N–H and O–H groups in total. The van der Waals surface area contributed by atoms with Gasteiger partial charge in [-0.3, -0.25) is 15.1 Å². The first kappa shape index (κ1) is 12.2. The highest BCUT2D eigenvalue weighted by Gasteiger charge is 2.07. The van der Waals surface area contributed by atoms with Crippen molar-refractivity contribution in [1.82, 2.24) is 4.98 Å². The summed E-state index contributed by atoms with van der Waals surface area (Å²) in [4.78, 5) is 14.5. The maximum atomic E-state index is 10.5. The summed E-state index contributed by atoms with van der Waals surface area (Å²) in [7, 11) is 0. The Morgan fingerprint density at radius 2 is 1.89 bits per heavy atom. The average Bonchev–Trinajstić information content (AvgIpc) is 2.38. The summed E-state index contributed by atoms with van der Waals surface area (Å²) in [5.41, 5.74) is 3.14. The summed E-state index contributed by atoms with van der Waals surface area (Å²) in [5.74, 6) is 0. The fourth-order valence-electron chi connectivity index (χ4n) is 1.67. The van der Waals surface area contributed by atoms with Gasteiger partial charge in [0, 0.05) is 23.4 Å². The van der Waals surface area contributed by atoms with Crippen LogP contribution in [0.1, 0.15) is 11.3 Å². The number of hydrogen-bond acceptors (Lipinski definition) is 4. The molecular weight excluding hydrogens is 232 g/mol. The molecule has 0 aliphatic heterocycles. The number of non-ortho nitro benzene ring substituents is 1. The summed E-state index contributed by atoms with van der Waals surface area (Å²) in [6.07, 6.45) is 0. The number of benzene rings is 1. The summed E-state index contributed by atoms with van der Waals surface area (Å²) in [5, 5.41) is 19.6. The normalized spacial score (nSPS) is 10.3. The van der Waals surface area contributed by atoms with Gasteiger partial charge in [0.15, 0.2) is 0 Å². The van der Waals surface area contributed by atoms with Gasteiger partial charge in [-0.05, 0) is 30.7 Å². The van der Waals surface area contributed by atoms with Gasteiger partial charge in [0.05, 0.1) is 17.2 Å². The van der Waals surface area contributed by atoms with E-state index in [-0.39, 0.29) is 12.3 Å². The number of nitrogens with zero attached hydrogens (tertiary/aromatic N) is 2. The van der Waals surface area contributed by atoms with Gasteiger partial charge >= 0.3 is 0 Å².